The maximum Gasteiger partial charge on any atom is 0.295 e. The summed E-state index contributed by atoms with van der Waals surface area (Å²) in [7, 11) is 0. The SMILES string of the molecule is Cc1nc(N[C@H](C)c2cccc(C(F)(F)CO)c2)c2cc(Br)ccc2n1. The highest BCUT2D eigenvalue weighted by atomic mass is 79.9. The van der Waals surface area contributed by atoms with Gasteiger partial charge in [-0.1, -0.05) is 34.1 Å². The number of aromatic nitrogens is 2. The largest absolute Gasteiger partial charge is 0.390 e. The van der Waals surface area contributed by atoms with Gasteiger partial charge in [0.1, 0.15) is 18.2 Å². The Morgan fingerprint density at radius 2 is 1.96 bits per heavy atom. The average Bonchev–Trinajstić information content (AvgIpc) is 2.62. The fourth-order valence-corrected chi connectivity index (χ4v) is 3.10. The molecule has 0 saturated carbocycles. The van der Waals surface area contributed by atoms with E-state index in [1.54, 1.807) is 19.1 Å². The molecule has 0 spiro atoms. The van der Waals surface area contributed by atoms with Crippen LogP contribution in [0.1, 0.15) is 29.9 Å². The number of nitrogens with one attached hydrogen (secondary N) is 1. The number of fused-ring (bicyclic) bond motifs is 1. The third-order valence-corrected chi connectivity index (χ3v) is 4.62. The van der Waals surface area contributed by atoms with E-state index in [4.69, 9.17) is 5.11 Å². The molecule has 1 heterocycles. The van der Waals surface area contributed by atoms with Crippen LogP contribution in [0.3, 0.4) is 0 Å². The summed E-state index contributed by atoms with van der Waals surface area (Å²) in [6, 6.07) is 11.5. The summed E-state index contributed by atoms with van der Waals surface area (Å²) >= 11 is 3.45. The van der Waals surface area contributed by atoms with Crippen molar-refractivity contribution in [3.63, 3.8) is 0 Å². The highest BCUT2D eigenvalue weighted by Gasteiger charge is 2.30. The van der Waals surface area contributed by atoms with Gasteiger partial charge in [0.05, 0.1) is 5.52 Å². The molecule has 1 atom stereocenters. The lowest BCUT2D eigenvalue weighted by Gasteiger charge is -2.19. The zero-order chi connectivity index (χ0) is 18.9. The fourth-order valence-electron chi connectivity index (χ4n) is 2.74. The standard InChI is InChI=1S/C19H18BrF2N3O/c1-11(13-4-3-5-14(8-13)19(21,22)10-26)23-18-16-9-15(20)6-7-17(16)24-12(2)25-18/h3-9,11,26H,10H2,1-2H3,(H,23,24,25)/t11-/m1/s1. The number of aliphatic hydroxyl groups is 1. The number of alkyl halides is 2. The maximum atomic E-state index is 13.8. The smallest absolute Gasteiger partial charge is 0.295 e. The molecule has 0 unspecified atom stereocenters. The van der Waals surface area contributed by atoms with Crippen molar-refractivity contribution >= 4 is 32.7 Å². The molecule has 0 amide bonds. The number of halogens is 3. The van der Waals surface area contributed by atoms with Crippen LogP contribution >= 0.6 is 15.9 Å². The predicted molar refractivity (Wildman–Crippen MR) is 101 cm³/mol. The molecule has 7 heteroatoms. The first-order chi connectivity index (χ1) is 12.3. The molecule has 3 rings (SSSR count). The number of benzene rings is 2. The number of anilines is 1. The lowest BCUT2D eigenvalue weighted by molar-refractivity contribution is -0.0556. The van der Waals surface area contributed by atoms with Gasteiger partial charge in [-0.15, -0.1) is 0 Å². The minimum absolute atomic E-state index is 0.211. The van der Waals surface area contributed by atoms with Gasteiger partial charge < -0.3 is 10.4 Å². The molecule has 0 aliphatic rings. The molecule has 0 aliphatic heterocycles. The van der Waals surface area contributed by atoms with E-state index in [-0.39, 0.29) is 11.6 Å². The molecule has 0 radical (unpaired) electrons. The lowest BCUT2D eigenvalue weighted by Crippen LogP contribution is -2.19. The van der Waals surface area contributed by atoms with Gasteiger partial charge in [-0.3, -0.25) is 0 Å². The van der Waals surface area contributed by atoms with Crippen LogP contribution in [-0.4, -0.2) is 21.7 Å². The molecule has 0 saturated heterocycles. The first kappa shape index (κ1) is 18.7. The molecule has 1 aromatic heterocycles. The molecule has 0 bridgehead atoms. The van der Waals surface area contributed by atoms with Crippen LogP contribution in [0.5, 0.6) is 0 Å². The van der Waals surface area contributed by atoms with Crippen molar-refractivity contribution < 1.29 is 13.9 Å². The van der Waals surface area contributed by atoms with Crippen molar-refractivity contribution in [2.24, 2.45) is 0 Å². The van der Waals surface area contributed by atoms with Crippen molar-refractivity contribution in [2.45, 2.75) is 25.8 Å². The maximum absolute atomic E-state index is 13.8. The van der Waals surface area contributed by atoms with Crippen LogP contribution < -0.4 is 5.32 Å². The van der Waals surface area contributed by atoms with E-state index in [0.717, 1.165) is 15.4 Å². The Morgan fingerprint density at radius 1 is 1.19 bits per heavy atom. The Hall–Kier alpha value is -2.12. The van der Waals surface area contributed by atoms with Gasteiger partial charge in [0.15, 0.2) is 0 Å². The Bertz CT molecular complexity index is 949. The lowest BCUT2D eigenvalue weighted by atomic mass is 10.0. The molecule has 2 N–H and O–H groups in total. The van der Waals surface area contributed by atoms with Gasteiger partial charge in [0, 0.05) is 21.5 Å². The summed E-state index contributed by atoms with van der Waals surface area (Å²) in [5.74, 6) is -2.01. The van der Waals surface area contributed by atoms with Crippen molar-refractivity contribution in [3.8, 4) is 0 Å². The van der Waals surface area contributed by atoms with E-state index in [1.165, 1.54) is 12.1 Å². The van der Waals surface area contributed by atoms with E-state index in [9.17, 15) is 8.78 Å². The fraction of sp³-hybridized carbons (Fsp3) is 0.263. The Balaban J connectivity index is 1.96. The molecule has 26 heavy (non-hydrogen) atoms. The third kappa shape index (κ3) is 3.83. The van der Waals surface area contributed by atoms with E-state index < -0.39 is 12.5 Å². The van der Waals surface area contributed by atoms with Crippen LogP contribution in [0.25, 0.3) is 10.9 Å². The zero-order valence-electron chi connectivity index (χ0n) is 14.3. The Labute approximate surface area is 158 Å². The second-order valence-corrected chi connectivity index (χ2v) is 7.05. The number of aryl methyl sites for hydroxylation is 1. The summed E-state index contributed by atoms with van der Waals surface area (Å²) in [6.45, 7) is 2.46. The number of hydrogen-bond donors (Lipinski definition) is 2. The van der Waals surface area contributed by atoms with Crippen LogP contribution in [0, 0.1) is 6.92 Å². The number of nitrogens with zero attached hydrogens (tertiary/aromatic N) is 2. The zero-order valence-corrected chi connectivity index (χ0v) is 15.9. The highest BCUT2D eigenvalue weighted by Crippen LogP contribution is 2.31. The third-order valence-electron chi connectivity index (χ3n) is 4.13. The molecular weight excluding hydrogens is 404 g/mol. The van der Waals surface area contributed by atoms with Crippen molar-refractivity contribution in [1.82, 2.24) is 9.97 Å². The number of rotatable bonds is 5. The topological polar surface area (TPSA) is 58.0 Å². The quantitative estimate of drug-likeness (QED) is 0.611. The Morgan fingerprint density at radius 3 is 2.69 bits per heavy atom. The minimum atomic E-state index is -3.27. The summed E-state index contributed by atoms with van der Waals surface area (Å²) in [4.78, 5) is 8.88. The van der Waals surface area contributed by atoms with Crippen LogP contribution in [0.15, 0.2) is 46.9 Å². The summed E-state index contributed by atoms with van der Waals surface area (Å²) in [6.07, 6.45) is 0. The van der Waals surface area contributed by atoms with Gasteiger partial charge in [-0.25, -0.2) is 9.97 Å². The van der Waals surface area contributed by atoms with E-state index in [2.05, 4.69) is 31.2 Å². The number of aliphatic hydroxyl groups excluding tert-OH is 1. The van der Waals surface area contributed by atoms with Gasteiger partial charge in [0.25, 0.3) is 5.92 Å². The molecule has 3 aromatic rings. The van der Waals surface area contributed by atoms with Crippen LogP contribution in [-0.2, 0) is 5.92 Å². The minimum Gasteiger partial charge on any atom is -0.390 e. The Kier molecular flexibility index (Phi) is 5.20. The van der Waals surface area contributed by atoms with E-state index in [0.29, 0.717) is 17.2 Å². The second-order valence-electron chi connectivity index (χ2n) is 6.13. The van der Waals surface area contributed by atoms with Gasteiger partial charge in [-0.2, -0.15) is 8.78 Å². The van der Waals surface area contributed by atoms with Gasteiger partial charge >= 0.3 is 0 Å². The highest BCUT2D eigenvalue weighted by molar-refractivity contribution is 9.10. The van der Waals surface area contributed by atoms with Crippen LogP contribution in [0.4, 0.5) is 14.6 Å². The molecular formula is C19H18BrF2N3O. The van der Waals surface area contributed by atoms with Gasteiger partial charge in [-0.05, 0) is 43.7 Å². The monoisotopic (exact) mass is 421 g/mol. The van der Waals surface area contributed by atoms with Gasteiger partial charge in [0.2, 0.25) is 0 Å². The summed E-state index contributed by atoms with van der Waals surface area (Å²) in [5, 5.41) is 13.0. The molecule has 136 valence electrons. The summed E-state index contributed by atoms with van der Waals surface area (Å²) < 4.78 is 28.4. The first-order valence-corrected chi connectivity index (χ1v) is 8.89. The second kappa shape index (κ2) is 7.25. The normalized spacial score (nSPS) is 13.0. The molecule has 0 aliphatic carbocycles. The molecule has 2 aromatic carbocycles. The number of hydrogen-bond acceptors (Lipinski definition) is 4. The summed E-state index contributed by atoms with van der Waals surface area (Å²) in [5.41, 5.74) is 1.27. The van der Waals surface area contributed by atoms with E-state index >= 15 is 0 Å². The predicted octanol–water partition coefficient (Wildman–Crippen LogP) is 4.96. The van der Waals surface area contributed by atoms with Crippen molar-refractivity contribution in [2.75, 3.05) is 11.9 Å². The van der Waals surface area contributed by atoms with E-state index in [1.807, 2.05) is 25.1 Å². The van der Waals surface area contributed by atoms with Crippen LogP contribution in [0.2, 0.25) is 0 Å². The molecule has 0 fully saturated rings. The average molecular weight is 422 g/mol. The van der Waals surface area contributed by atoms with Crippen molar-refractivity contribution in [3.05, 3.63) is 63.9 Å². The molecule has 4 nitrogen and oxygen atoms in total. The first-order valence-electron chi connectivity index (χ1n) is 8.10. The van der Waals surface area contributed by atoms with Crippen molar-refractivity contribution in [1.29, 1.82) is 0 Å².